The van der Waals surface area contributed by atoms with Crippen molar-refractivity contribution in [2.45, 2.75) is 49.4 Å². The van der Waals surface area contributed by atoms with Crippen LogP contribution in [0.2, 0.25) is 0 Å². The predicted octanol–water partition coefficient (Wildman–Crippen LogP) is 2.78. The van der Waals surface area contributed by atoms with Crippen LogP contribution in [0.1, 0.15) is 48.2 Å². The molecule has 0 radical (unpaired) electrons. The lowest BCUT2D eigenvalue weighted by atomic mass is 9.80. The van der Waals surface area contributed by atoms with E-state index in [-0.39, 0.29) is 21.7 Å². The summed E-state index contributed by atoms with van der Waals surface area (Å²) >= 11 is 3.56. The Balaban J connectivity index is 2.30. The number of nitrogens with zero attached hydrogens (tertiary/aromatic N) is 1. The van der Waals surface area contributed by atoms with Crippen LogP contribution in [0.5, 0.6) is 0 Å². The van der Waals surface area contributed by atoms with Gasteiger partial charge in [-0.1, -0.05) is 41.3 Å². The summed E-state index contributed by atoms with van der Waals surface area (Å²) in [4.78, 5) is 24.4. The van der Waals surface area contributed by atoms with E-state index >= 15 is 0 Å². The number of carbonyl (C=O) groups excluding carboxylic acids is 1. The van der Waals surface area contributed by atoms with Gasteiger partial charge in [-0.05, 0) is 25.3 Å². The molecule has 1 aliphatic carbocycles. The Morgan fingerprint density at radius 1 is 1.22 bits per heavy atom. The highest BCUT2D eigenvalue weighted by Gasteiger charge is 2.51. The molecule has 2 aliphatic rings. The average molecular weight is 310 g/mol. The number of aromatic nitrogens is 1. The van der Waals surface area contributed by atoms with Gasteiger partial charge in [0.1, 0.15) is 4.83 Å². The van der Waals surface area contributed by atoms with Crippen LogP contribution < -0.4 is 5.56 Å². The number of ketones is 1. The Morgan fingerprint density at radius 3 is 2.56 bits per heavy atom. The number of carbonyl (C=O) groups is 1. The minimum Gasteiger partial charge on any atom is -0.297 e. The SMILES string of the molecule is Cc1ccc(=O)n2c1C(=O)C(Br)C21CCCCC1. The molecule has 2 heterocycles. The van der Waals surface area contributed by atoms with Crippen molar-refractivity contribution in [1.82, 2.24) is 4.57 Å². The first-order valence-corrected chi connectivity index (χ1v) is 7.41. The highest BCUT2D eigenvalue weighted by atomic mass is 79.9. The number of fused-ring (bicyclic) bond motifs is 2. The molecule has 1 fully saturated rings. The fraction of sp³-hybridized carbons (Fsp3) is 0.571. The molecule has 3 rings (SSSR count). The van der Waals surface area contributed by atoms with E-state index in [0.717, 1.165) is 31.2 Å². The second kappa shape index (κ2) is 4.05. The smallest absolute Gasteiger partial charge is 0.251 e. The van der Waals surface area contributed by atoms with Gasteiger partial charge in [-0.15, -0.1) is 0 Å². The molecule has 18 heavy (non-hydrogen) atoms. The summed E-state index contributed by atoms with van der Waals surface area (Å²) in [5, 5.41) is 0. The average Bonchev–Trinajstić information content (AvgIpc) is 2.59. The van der Waals surface area contributed by atoms with Crippen LogP contribution in [0, 0.1) is 6.92 Å². The molecule has 0 aromatic carbocycles. The molecule has 1 aliphatic heterocycles. The third-order valence-corrected chi connectivity index (χ3v) is 5.66. The maximum absolute atomic E-state index is 12.4. The molecule has 0 bridgehead atoms. The van der Waals surface area contributed by atoms with Gasteiger partial charge in [0.2, 0.25) is 0 Å². The first kappa shape index (κ1) is 12.2. The van der Waals surface area contributed by atoms with Crippen molar-refractivity contribution in [3.8, 4) is 0 Å². The molecule has 1 aromatic rings. The zero-order valence-corrected chi connectivity index (χ0v) is 12.0. The van der Waals surface area contributed by atoms with Crippen LogP contribution in [-0.2, 0) is 5.54 Å². The van der Waals surface area contributed by atoms with Crippen LogP contribution in [0.4, 0.5) is 0 Å². The molecule has 0 saturated heterocycles. The van der Waals surface area contributed by atoms with Crippen molar-refractivity contribution in [3.63, 3.8) is 0 Å². The number of rotatable bonds is 0. The van der Waals surface area contributed by atoms with Gasteiger partial charge in [-0.2, -0.15) is 0 Å². The Kier molecular flexibility index (Phi) is 2.73. The molecule has 3 nitrogen and oxygen atoms in total. The number of Topliss-reactive ketones (excluding diaryl/α,β-unsaturated/α-hetero) is 1. The normalized spacial score (nSPS) is 25.4. The van der Waals surface area contributed by atoms with Crippen LogP contribution in [-0.4, -0.2) is 15.2 Å². The van der Waals surface area contributed by atoms with Crippen LogP contribution >= 0.6 is 15.9 Å². The zero-order valence-electron chi connectivity index (χ0n) is 10.4. The second-order valence-corrected chi connectivity index (χ2v) is 6.35. The summed E-state index contributed by atoms with van der Waals surface area (Å²) in [6.45, 7) is 1.91. The molecule has 1 spiro atoms. The van der Waals surface area contributed by atoms with Gasteiger partial charge in [0.15, 0.2) is 5.78 Å². The molecule has 4 heteroatoms. The van der Waals surface area contributed by atoms with E-state index in [1.54, 1.807) is 16.7 Å². The molecule has 0 N–H and O–H groups in total. The summed E-state index contributed by atoms with van der Waals surface area (Å²) in [6, 6.07) is 3.35. The Morgan fingerprint density at radius 2 is 1.89 bits per heavy atom. The van der Waals surface area contributed by atoms with E-state index in [4.69, 9.17) is 0 Å². The van der Waals surface area contributed by atoms with Gasteiger partial charge in [0.25, 0.3) is 5.56 Å². The Labute approximate surface area is 114 Å². The summed E-state index contributed by atoms with van der Waals surface area (Å²) in [5.41, 5.74) is 1.18. The van der Waals surface area contributed by atoms with Crippen LogP contribution in [0.3, 0.4) is 0 Å². The highest BCUT2D eigenvalue weighted by molar-refractivity contribution is 9.10. The van der Waals surface area contributed by atoms with Crippen molar-refractivity contribution in [2.24, 2.45) is 0 Å². The summed E-state index contributed by atoms with van der Waals surface area (Å²) in [7, 11) is 0. The molecule has 96 valence electrons. The third kappa shape index (κ3) is 1.41. The minimum atomic E-state index is -0.312. The number of hydrogen-bond acceptors (Lipinski definition) is 2. The van der Waals surface area contributed by atoms with E-state index in [1.807, 2.05) is 6.92 Å². The largest absolute Gasteiger partial charge is 0.297 e. The maximum Gasteiger partial charge on any atom is 0.251 e. The molecule has 1 unspecified atom stereocenters. The third-order valence-electron chi connectivity index (χ3n) is 4.39. The number of alkyl halides is 1. The molecule has 1 aromatic heterocycles. The number of hydrogen-bond donors (Lipinski definition) is 0. The Bertz CT molecular complexity index is 570. The van der Waals surface area contributed by atoms with Crippen molar-refractivity contribution < 1.29 is 4.79 Å². The molecular formula is C14H16BrNO2. The Hall–Kier alpha value is -0.900. The maximum atomic E-state index is 12.4. The van der Waals surface area contributed by atoms with Crippen molar-refractivity contribution in [1.29, 1.82) is 0 Å². The van der Waals surface area contributed by atoms with Crippen molar-refractivity contribution >= 4 is 21.7 Å². The topological polar surface area (TPSA) is 39.1 Å². The first-order valence-electron chi connectivity index (χ1n) is 6.49. The summed E-state index contributed by atoms with van der Waals surface area (Å²) in [5.74, 6) is 0.0760. The molecule has 1 atom stereocenters. The van der Waals surface area contributed by atoms with E-state index in [1.165, 1.54) is 6.42 Å². The van der Waals surface area contributed by atoms with Crippen molar-refractivity contribution in [2.75, 3.05) is 0 Å². The van der Waals surface area contributed by atoms with Gasteiger partial charge in [-0.25, -0.2) is 0 Å². The lowest BCUT2D eigenvalue weighted by Crippen LogP contribution is -2.45. The minimum absolute atomic E-state index is 0.0344. The van der Waals surface area contributed by atoms with Gasteiger partial charge in [0.05, 0.1) is 11.2 Å². The van der Waals surface area contributed by atoms with Crippen LogP contribution in [0.25, 0.3) is 0 Å². The van der Waals surface area contributed by atoms with E-state index in [9.17, 15) is 9.59 Å². The predicted molar refractivity (Wildman–Crippen MR) is 73.5 cm³/mol. The lowest BCUT2D eigenvalue weighted by molar-refractivity contribution is 0.0966. The fourth-order valence-corrected chi connectivity index (χ4v) is 4.38. The summed E-state index contributed by atoms with van der Waals surface area (Å²) < 4.78 is 1.78. The quantitative estimate of drug-likeness (QED) is 0.691. The molecule has 0 amide bonds. The van der Waals surface area contributed by atoms with Gasteiger partial charge >= 0.3 is 0 Å². The molecular weight excluding hydrogens is 294 g/mol. The number of pyridine rings is 1. The van der Waals surface area contributed by atoms with E-state index in [2.05, 4.69) is 15.9 Å². The fourth-order valence-electron chi connectivity index (χ4n) is 3.50. The van der Waals surface area contributed by atoms with Gasteiger partial charge in [0, 0.05) is 6.07 Å². The highest BCUT2D eigenvalue weighted by Crippen LogP contribution is 2.46. The van der Waals surface area contributed by atoms with Gasteiger partial charge < -0.3 is 0 Å². The number of halogens is 1. The molecule has 1 saturated carbocycles. The second-order valence-electron chi connectivity index (χ2n) is 5.43. The van der Waals surface area contributed by atoms with Crippen LogP contribution in [0.15, 0.2) is 16.9 Å². The summed E-state index contributed by atoms with van der Waals surface area (Å²) in [6.07, 6.45) is 5.23. The standard InChI is InChI=1S/C14H16BrNO2/c1-9-5-6-10(17)16-11(9)12(18)13(15)14(16)7-3-2-4-8-14/h5-6,13H,2-4,7-8H2,1H3. The van der Waals surface area contributed by atoms with E-state index < -0.39 is 0 Å². The van der Waals surface area contributed by atoms with Gasteiger partial charge in [-0.3, -0.25) is 14.2 Å². The lowest BCUT2D eigenvalue weighted by Gasteiger charge is -2.37. The number of aryl methyl sites for hydroxylation is 1. The van der Waals surface area contributed by atoms with Crippen molar-refractivity contribution in [3.05, 3.63) is 33.7 Å². The monoisotopic (exact) mass is 309 g/mol. The van der Waals surface area contributed by atoms with E-state index in [0.29, 0.717) is 5.69 Å². The zero-order chi connectivity index (χ0) is 12.9. The first-order chi connectivity index (χ1) is 8.58.